The number of ether oxygens (including phenoxy) is 3. The topological polar surface area (TPSA) is 78.9 Å². The Morgan fingerprint density at radius 1 is 0.292 bits per heavy atom. The first-order valence-corrected chi connectivity index (χ1v) is 28.8. The third-order valence-corrected chi connectivity index (χ3v) is 11.6. The van der Waals surface area contributed by atoms with Crippen LogP contribution in [0.15, 0.2) is 146 Å². The minimum Gasteiger partial charge on any atom is -0.462 e. The fourth-order valence-electron chi connectivity index (χ4n) is 7.34. The Morgan fingerprint density at radius 3 is 0.903 bits per heavy atom. The van der Waals surface area contributed by atoms with Crippen LogP contribution in [0.2, 0.25) is 0 Å². The van der Waals surface area contributed by atoms with E-state index in [1.165, 1.54) is 57.8 Å². The molecular weight excluding hydrogens is 889 g/mol. The first-order chi connectivity index (χ1) is 35.5. The Balaban J connectivity index is 4.54. The van der Waals surface area contributed by atoms with Crippen LogP contribution in [-0.2, 0) is 28.6 Å². The van der Waals surface area contributed by atoms with Crippen molar-refractivity contribution in [1.29, 1.82) is 0 Å². The molecule has 0 N–H and O–H groups in total. The predicted octanol–water partition coefficient (Wildman–Crippen LogP) is 19.6. The van der Waals surface area contributed by atoms with E-state index in [1.807, 2.05) is 0 Å². The maximum atomic E-state index is 12.8. The van der Waals surface area contributed by atoms with Crippen LogP contribution >= 0.6 is 0 Å². The standard InChI is InChI=1S/C66H104O6/c1-4-7-10-13-16-19-22-25-27-29-31-32-33-34-36-37-39-41-44-47-50-53-56-59-65(68)71-62-63(61-70-64(67)58-55-52-49-46-43-24-21-18-15-12-9-6-3)72-66(69)60-57-54-51-48-45-42-40-38-35-30-28-26-23-20-17-14-11-8-5-2/h7-8,10-11,16-17,19-20,25-28,31-32,34-36,38-39,41-42,45,47,50,63H,4-6,9,12-15,18,21-24,29-30,33,37,40,43-44,46,48-49,51-62H2,1-3H3/b10-7-,11-8-,19-16-,20-17-,27-25-,28-26-,32-31-,36-34-,38-35-,41-39-,45-42-,50-47-. The van der Waals surface area contributed by atoms with E-state index in [9.17, 15) is 14.4 Å². The molecule has 0 bridgehead atoms. The average Bonchev–Trinajstić information content (AvgIpc) is 3.38. The van der Waals surface area contributed by atoms with Gasteiger partial charge in [-0.1, -0.05) is 244 Å². The van der Waals surface area contributed by atoms with Crippen LogP contribution in [-0.4, -0.2) is 37.2 Å². The van der Waals surface area contributed by atoms with E-state index < -0.39 is 6.10 Å². The van der Waals surface area contributed by atoms with Crippen molar-refractivity contribution in [2.45, 2.75) is 239 Å². The molecule has 6 nitrogen and oxygen atoms in total. The van der Waals surface area contributed by atoms with E-state index >= 15 is 0 Å². The van der Waals surface area contributed by atoms with E-state index in [0.717, 1.165) is 122 Å². The zero-order valence-corrected chi connectivity index (χ0v) is 46.1. The third kappa shape index (κ3) is 56.2. The van der Waals surface area contributed by atoms with Gasteiger partial charge >= 0.3 is 17.9 Å². The molecule has 72 heavy (non-hydrogen) atoms. The SMILES string of the molecule is CC/C=C\C/C=C\C/C=C\C/C=C\C/C=C\C/C=C\C/C=C\CCCC(=O)OCC(COC(=O)CCCCCCCCCCCCCC)OC(=O)CCCCC/C=C\C/C=C\C/C=C\C/C=C\C/C=C\CC. The molecule has 0 heterocycles. The van der Waals surface area contributed by atoms with Gasteiger partial charge in [0, 0.05) is 19.3 Å². The lowest BCUT2D eigenvalue weighted by atomic mass is 10.0. The van der Waals surface area contributed by atoms with Gasteiger partial charge in [-0.15, -0.1) is 0 Å². The van der Waals surface area contributed by atoms with Crippen LogP contribution in [0.3, 0.4) is 0 Å². The molecule has 0 aliphatic heterocycles. The summed E-state index contributed by atoms with van der Waals surface area (Å²) in [5.74, 6) is -1.01. The minimum atomic E-state index is -0.824. The summed E-state index contributed by atoms with van der Waals surface area (Å²) in [7, 11) is 0. The van der Waals surface area contributed by atoms with Gasteiger partial charge in [-0.25, -0.2) is 0 Å². The van der Waals surface area contributed by atoms with Gasteiger partial charge < -0.3 is 14.2 Å². The van der Waals surface area contributed by atoms with Crippen molar-refractivity contribution in [3.63, 3.8) is 0 Å². The van der Waals surface area contributed by atoms with E-state index in [4.69, 9.17) is 14.2 Å². The summed E-state index contributed by atoms with van der Waals surface area (Å²) in [6.07, 6.45) is 84.1. The quantitative estimate of drug-likeness (QED) is 0.0261. The molecular formula is C66H104O6. The van der Waals surface area contributed by atoms with Crippen molar-refractivity contribution in [2.75, 3.05) is 13.2 Å². The molecule has 404 valence electrons. The van der Waals surface area contributed by atoms with Crippen molar-refractivity contribution < 1.29 is 28.6 Å². The van der Waals surface area contributed by atoms with Crippen LogP contribution in [0.4, 0.5) is 0 Å². The molecule has 1 atom stereocenters. The molecule has 0 saturated heterocycles. The summed E-state index contributed by atoms with van der Waals surface area (Å²) in [4.78, 5) is 38.1. The lowest BCUT2D eigenvalue weighted by molar-refractivity contribution is -0.167. The molecule has 0 aromatic heterocycles. The van der Waals surface area contributed by atoms with Crippen molar-refractivity contribution >= 4 is 17.9 Å². The van der Waals surface area contributed by atoms with Crippen LogP contribution in [0, 0.1) is 0 Å². The van der Waals surface area contributed by atoms with Crippen LogP contribution in [0.5, 0.6) is 0 Å². The van der Waals surface area contributed by atoms with Crippen LogP contribution in [0.1, 0.15) is 233 Å². The van der Waals surface area contributed by atoms with Crippen molar-refractivity contribution in [3.8, 4) is 0 Å². The highest BCUT2D eigenvalue weighted by molar-refractivity contribution is 5.71. The number of allylic oxidation sites excluding steroid dienone is 24. The molecule has 0 rings (SSSR count). The molecule has 0 aromatic rings. The van der Waals surface area contributed by atoms with Gasteiger partial charge in [-0.3, -0.25) is 14.4 Å². The van der Waals surface area contributed by atoms with E-state index in [-0.39, 0.29) is 44.0 Å². The molecule has 6 heteroatoms. The molecule has 0 radical (unpaired) electrons. The smallest absolute Gasteiger partial charge is 0.306 e. The van der Waals surface area contributed by atoms with E-state index in [2.05, 4.69) is 167 Å². The number of carbonyl (C=O) groups is 3. The van der Waals surface area contributed by atoms with Crippen LogP contribution < -0.4 is 0 Å². The molecule has 0 amide bonds. The zero-order valence-electron chi connectivity index (χ0n) is 46.1. The second kappa shape index (κ2) is 58.9. The number of esters is 3. The average molecular weight is 994 g/mol. The highest BCUT2D eigenvalue weighted by Gasteiger charge is 2.19. The van der Waals surface area contributed by atoms with Crippen molar-refractivity contribution in [2.24, 2.45) is 0 Å². The maximum absolute atomic E-state index is 12.8. The van der Waals surface area contributed by atoms with E-state index in [0.29, 0.717) is 19.3 Å². The lowest BCUT2D eigenvalue weighted by Crippen LogP contribution is -2.30. The lowest BCUT2D eigenvalue weighted by Gasteiger charge is -2.18. The van der Waals surface area contributed by atoms with Gasteiger partial charge in [-0.2, -0.15) is 0 Å². The Morgan fingerprint density at radius 2 is 0.556 bits per heavy atom. The Labute approximate surface area is 442 Å². The van der Waals surface area contributed by atoms with Crippen LogP contribution in [0.25, 0.3) is 0 Å². The first kappa shape index (κ1) is 67.3. The van der Waals surface area contributed by atoms with Gasteiger partial charge in [-0.05, 0) is 116 Å². The molecule has 1 unspecified atom stereocenters. The maximum Gasteiger partial charge on any atom is 0.306 e. The normalized spacial score (nSPS) is 13.2. The summed E-state index contributed by atoms with van der Waals surface area (Å²) in [6.45, 7) is 6.32. The number of hydrogen-bond acceptors (Lipinski definition) is 6. The summed E-state index contributed by atoms with van der Waals surface area (Å²) in [5, 5.41) is 0. The van der Waals surface area contributed by atoms with Gasteiger partial charge in [0.05, 0.1) is 0 Å². The molecule has 0 aliphatic carbocycles. The third-order valence-electron chi connectivity index (χ3n) is 11.6. The number of unbranched alkanes of at least 4 members (excludes halogenated alkanes) is 15. The Hall–Kier alpha value is -4.71. The molecule has 0 aromatic carbocycles. The van der Waals surface area contributed by atoms with Crippen molar-refractivity contribution in [3.05, 3.63) is 146 Å². The van der Waals surface area contributed by atoms with E-state index in [1.54, 1.807) is 0 Å². The summed E-state index contributed by atoms with van der Waals surface area (Å²) < 4.78 is 16.8. The monoisotopic (exact) mass is 993 g/mol. The van der Waals surface area contributed by atoms with Gasteiger partial charge in [0.25, 0.3) is 0 Å². The van der Waals surface area contributed by atoms with Gasteiger partial charge in [0.15, 0.2) is 6.10 Å². The second-order valence-corrected chi connectivity index (χ2v) is 18.4. The first-order valence-electron chi connectivity index (χ1n) is 28.8. The Bertz CT molecular complexity index is 1610. The summed E-state index contributed by atoms with van der Waals surface area (Å²) >= 11 is 0. The zero-order chi connectivity index (χ0) is 52.2. The number of carbonyl (C=O) groups excluding carboxylic acids is 3. The fraction of sp³-hybridized carbons (Fsp3) is 0.591. The fourth-order valence-corrected chi connectivity index (χ4v) is 7.34. The molecule has 0 aliphatic rings. The van der Waals surface area contributed by atoms with Crippen molar-refractivity contribution in [1.82, 2.24) is 0 Å². The van der Waals surface area contributed by atoms with Gasteiger partial charge in [0.1, 0.15) is 13.2 Å². The molecule has 0 saturated carbocycles. The predicted molar refractivity (Wildman–Crippen MR) is 311 cm³/mol. The number of rotatable bonds is 50. The minimum absolute atomic E-state index is 0.114. The highest BCUT2D eigenvalue weighted by atomic mass is 16.6. The molecule has 0 spiro atoms. The summed E-state index contributed by atoms with van der Waals surface area (Å²) in [5.41, 5.74) is 0. The molecule has 0 fully saturated rings. The highest BCUT2D eigenvalue weighted by Crippen LogP contribution is 2.14. The largest absolute Gasteiger partial charge is 0.462 e. The second-order valence-electron chi connectivity index (χ2n) is 18.4. The van der Waals surface area contributed by atoms with Gasteiger partial charge in [0.2, 0.25) is 0 Å². The number of hydrogen-bond donors (Lipinski definition) is 0. The summed E-state index contributed by atoms with van der Waals surface area (Å²) in [6, 6.07) is 0. The Kier molecular flexibility index (Phi) is 55.0.